The van der Waals surface area contributed by atoms with Crippen molar-refractivity contribution in [2.75, 3.05) is 25.2 Å². The normalized spacial score (nSPS) is 12.6. The molecule has 0 bridgehead atoms. The summed E-state index contributed by atoms with van der Waals surface area (Å²) in [6.45, 7) is 1.35. The predicted molar refractivity (Wildman–Crippen MR) is 101 cm³/mol. The lowest BCUT2D eigenvalue weighted by Gasteiger charge is -2.14. The maximum Gasteiger partial charge on any atom is 0.231 e. The van der Waals surface area contributed by atoms with Gasteiger partial charge in [-0.25, -0.2) is 4.98 Å². The number of nitrogens with two attached hydrogens (primary N) is 1. The Labute approximate surface area is 154 Å². The Bertz CT molecular complexity index is 963. The predicted octanol–water partition coefficient (Wildman–Crippen LogP) is 4.31. The Balaban J connectivity index is 1.93. The van der Waals surface area contributed by atoms with Crippen LogP contribution in [0.1, 0.15) is 0 Å². The second-order valence-electron chi connectivity index (χ2n) is 5.59. The first-order valence-electron chi connectivity index (χ1n) is 7.79. The molecule has 1 aromatic heterocycles. The molecule has 128 valence electrons. The Hall–Kier alpha value is -2.21. The van der Waals surface area contributed by atoms with Crippen molar-refractivity contribution in [1.29, 1.82) is 0 Å². The molecule has 0 saturated carbocycles. The number of benzene rings is 2. The first-order valence-corrected chi connectivity index (χ1v) is 8.55. The minimum atomic E-state index is 0.228. The largest absolute Gasteiger partial charge is 0.454 e. The third kappa shape index (κ3) is 2.84. The highest BCUT2D eigenvalue weighted by Crippen LogP contribution is 2.42. The van der Waals surface area contributed by atoms with Crippen molar-refractivity contribution in [2.24, 2.45) is 5.73 Å². The van der Waals surface area contributed by atoms with Crippen LogP contribution in [-0.2, 0) is 0 Å². The van der Waals surface area contributed by atoms with Gasteiger partial charge in [0.1, 0.15) is 5.82 Å². The van der Waals surface area contributed by atoms with Crippen LogP contribution in [0.5, 0.6) is 11.5 Å². The molecule has 0 radical (unpaired) electrons. The molecule has 2 heterocycles. The Morgan fingerprint density at radius 3 is 2.80 bits per heavy atom. The maximum atomic E-state index is 6.54. The summed E-state index contributed by atoms with van der Waals surface area (Å²) in [5, 5.41) is 5.93. The van der Waals surface area contributed by atoms with Gasteiger partial charge in [-0.1, -0.05) is 29.3 Å². The van der Waals surface area contributed by atoms with Crippen molar-refractivity contribution in [3.63, 3.8) is 0 Å². The molecule has 1 aliphatic rings. The number of halogens is 2. The topological polar surface area (TPSA) is 69.4 Å². The molecular formula is C18H15Cl2N3O2. The van der Waals surface area contributed by atoms with Crippen molar-refractivity contribution >= 4 is 39.8 Å². The number of aromatic nitrogens is 1. The molecule has 1 aliphatic heterocycles. The van der Waals surface area contributed by atoms with Gasteiger partial charge in [0, 0.05) is 35.6 Å². The molecular weight excluding hydrogens is 361 g/mol. The number of fused-ring (bicyclic) bond motifs is 2. The number of nitrogens with one attached hydrogen (secondary N) is 1. The van der Waals surface area contributed by atoms with Crippen molar-refractivity contribution < 1.29 is 9.47 Å². The van der Waals surface area contributed by atoms with E-state index >= 15 is 0 Å². The summed E-state index contributed by atoms with van der Waals surface area (Å²) in [6, 6.07) is 9.43. The van der Waals surface area contributed by atoms with Crippen LogP contribution in [0.2, 0.25) is 10.0 Å². The molecule has 0 unspecified atom stereocenters. The highest BCUT2D eigenvalue weighted by atomic mass is 35.5. The smallest absolute Gasteiger partial charge is 0.231 e. The van der Waals surface area contributed by atoms with Gasteiger partial charge in [0.15, 0.2) is 11.5 Å². The SMILES string of the molecule is NCCNc1ncc(-c2ccc3c(c2)OCO3)c2c(Cl)c(Cl)ccc12. The first-order chi connectivity index (χ1) is 12.2. The molecule has 0 saturated heterocycles. The second-order valence-corrected chi connectivity index (χ2v) is 6.37. The van der Waals surface area contributed by atoms with Crippen LogP contribution in [-0.4, -0.2) is 24.9 Å². The molecule has 5 nitrogen and oxygen atoms in total. The molecule has 2 aromatic carbocycles. The quantitative estimate of drug-likeness (QED) is 0.710. The van der Waals surface area contributed by atoms with E-state index in [0.717, 1.165) is 33.5 Å². The number of hydrogen-bond acceptors (Lipinski definition) is 5. The van der Waals surface area contributed by atoms with Crippen LogP contribution in [0.15, 0.2) is 36.5 Å². The van der Waals surface area contributed by atoms with Gasteiger partial charge in [-0.3, -0.25) is 0 Å². The number of pyridine rings is 1. The van der Waals surface area contributed by atoms with Crippen molar-refractivity contribution in [3.8, 4) is 22.6 Å². The van der Waals surface area contributed by atoms with Crippen LogP contribution >= 0.6 is 23.2 Å². The molecule has 3 aromatic rings. The standard InChI is InChI=1S/C18H15Cl2N3O2/c19-13-3-2-11-16(17(13)20)12(8-23-18(11)22-6-5-21)10-1-4-14-15(7-10)25-9-24-14/h1-4,7-8H,5-6,9,21H2,(H,22,23). The lowest BCUT2D eigenvalue weighted by molar-refractivity contribution is 0.174. The molecule has 0 atom stereocenters. The second kappa shape index (κ2) is 6.59. The summed E-state index contributed by atoms with van der Waals surface area (Å²) in [6.07, 6.45) is 1.78. The summed E-state index contributed by atoms with van der Waals surface area (Å²) < 4.78 is 10.9. The Kier molecular flexibility index (Phi) is 4.29. The third-order valence-corrected chi connectivity index (χ3v) is 4.87. The Morgan fingerprint density at radius 1 is 1.12 bits per heavy atom. The number of hydrogen-bond donors (Lipinski definition) is 2. The molecule has 7 heteroatoms. The van der Waals surface area contributed by atoms with E-state index in [9.17, 15) is 0 Å². The molecule has 0 amide bonds. The zero-order chi connectivity index (χ0) is 17.4. The first kappa shape index (κ1) is 16.3. The van der Waals surface area contributed by atoms with Crippen LogP contribution < -0.4 is 20.5 Å². The van der Waals surface area contributed by atoms with E-state index in [1.807, 2.05) is 24.3 Å². The van der Waals surface area contributed by atoms with Gasteiger partial charge in [0.05, 0.1) is 10.0 Å². The van der Waals surface area contributed by atoms with Gasteiger partial charge in [-0.05, 0) is 29.8 Å². The van der Waals surface area contributed by atoms with Crippen LogP contribution in [0.25, 0.3) is 21.9 Å². The van der Waals surface area contributed by atoms with Gasteiger partial charge in [-0.2, -0.15) is 0 Å². The van der Waals surface area contributed by atoms with E-state index in [0.29, 0.717) is 28.9 Å². The highest BCUT2D eigenvalue weighted by molar-refractivity contribution is 6.46. The van der Waals surface area contributed by atoms with Crippen LogP contribution in [0.4, 0.5) is 5.82 Å². The Morgan fingerprint density at radius 2 is 1.96 bits per heavy atom. The molecule has 0 spiro atoms. The fourth-order valence-electron chi connectivity index (χ4n) is 2.89. The lowest BCUT2D eigenvalue weighted by Crippen LogP contribution is -2.14. The minimum absolute atomic E-state index is 0.228. The van der Waals surface area contributed by atoms with Crippen molar-refractivity contribution in [1.82, 2.24) is 4.98 Å². The summed E-state index contributed by atoms with van der Waals surface area (Å²) in [4.78, 5) is 4.54. The van der Waals surface area contributed by atoms with Crippen LogP contribution in [0, 0.1) is 0 Å². The van der Waals surface area contributed by atoms with Gasteiger partial charge >= 0.3 is 0 Å². The van der Waals surface area contributed by atoms with E-state index in [1.165, 1.54) is 0 Å². The van der Waals surface area contributed by atoms with E-state index in [4.69, 9.17) is 38.4 Å². The summed E-state index contributed by atoms with van der Waals surface area (Å²) >= 11 is 12.8. The summed E-state index contributed by atoms with van der Waals surface area (Å²) in [5.74, 6) is 2.16. The molecule has 0 aliphatic carbocycles. The number of anilines is 1. The maximum absolute atomic E-state index is 6.54. The van der Waals surface area contributed by atoms with Gasteiger partial charge < -0.3 is 20.5 Å². The molecule has 0 fully saturated rings. The molecule has 4 rings (SSSR count). The third-order valence-electron chi connectivity index (χ3n) is 4.06. The van der Waals surface area contributed by atoms with E-state index < -0.39 is 0 Å². The molecule has 3 N–H and O–H groups in total. The number of rotatable bonds is 4. The van der Waals surface area contributed by atoms with Crippen molar-refractivity contribution in [2.45, 2.75) is 0 Å². The fourth-order valence-corrected chi connectivity index (χ4v) is 3.31. The average molecular weight is 376 g/mol. The highest BCUT2D eigenvalue weighted by Gasteiger charge is 2.18. The molecule has 25 heavy (non-hydrogen) atoms. The minimum Gasteiger partial charge on any atom is -0.454 e. The zero-order valence-corrected chi connectivity index (χ0v) is 14.7. The van der Waals surface area contributed by atoms with E-state index in [2.05, 4.69) is 10.3 Å². The van der Waals surface area contributed by atoms with Crippen molar-refractivity contribution in [3.05, 3.63) is 46.6 Å². The monoisotopic (exact) mass is 375 g/mol. The summed E-state index contributed by atoms with van der Waals surface area (Å²) in [5.41, 5.74) is 7.39. The van der Waals surface area contributed by atoms with Gasteiger partial charge in [0.2, 0.25) is 6.79 Å². The number of nitrogens with zero attached hydrogens (tertiary/aromatic N) is 1. The lowest BCUT2D eigenvalue weighted by atomic mass is 10.00. The number of ether oxygens (including phenoxy) is 2. The fraction of sp³-hybridized carbons (Fsp3) is 0.167. The van der Waals surface area contributed by atoms with E-state index in [1.54, 1.807) is 12.3 Å². The summed E-state index contributed by atoms with van der Waals surface area (Å²) in [7, 11) is 0. The van der Waals surface area contributed by atoms with Gasteiger partial charge in [-0.15, -0.1) is 0 Å². The zero-order valence-electron chi connectivity index (χ0n) is 13.2. The van der Waals surface area contributed by atoms with E-state index in [-0.39, 0.29) is 6.79 Å². The van der Waals surface area contributed by atoms with Gasteiger partial charge in [0.25, 0.3) is 0 Å². The average Bonchev–Trinajstić information content (AvgIpc) is 3.10. The van der Waals surface area contributed by atoms with Crippen LogP contribution in [0.3, 0.4) is 0 Å².